The summed E-state index contributed by atoms with van der Waals surface area (Å²) in [6.07, 6.45) is 1.92. The van der Waals surface area contributed by atoms with Crippen molar-refractivity contribution in [1.82, 2.24) is 4.90 Å². The van der Waals surface area contributed by atoms with Gasteiger partial charge in [0, 0.05) is 13.6 Å². The smallest absolute Gasteiger partial charge is 0.264 e. The Hall–Kier alpha value is -3.32. The summed E-state index contributed by atoms with van der Waals surface area (Å²) in [6.45, 7) is 2.58. The van der Waals surface area contributed by atoms with E-state index in [1.54, 1.807) is 48.5 Å². The number of hydrogen-bond acceptors (Lipinski definition) is 4. The predicted octanol–water partition coefficient (Wildman–Crippen LogP) is 4.56. The van der Waals surface area contributed by atoms with Crippen LogP contribution < -0.4 is 9.04 Å². The molecule has 0 aromatic heterocycles. The molecule has 0 radical (unpaired) electrons. The molecule has 1 fully saturated rings. The number of benzene rings is 3. The maximum atomic E-state index is 12.9. The summed E-state index contributed by atoms with van der Waals surface area (Å²) in [6, 6.07) is 23.6. The van der Waals surface area contributed by atoms with Gasteiger partial charge >= 0.3 is 0 Å². The SMILES string of the molecule is Cc1ccc(S(=O)(=O)N(C)c2ccc(OCC(=O)N3CCC[C@@H]3c3ccccc3)cc2)cc1. The first kappa shape index (κ1) is 22.9. The highest BCUT2D eigenvalue weighted by molar-refractivity contribution is 7.92. The molecule has 172 valence electrons. The van der Waals surface area contributed by atoms with Crippen molar-refractivity contribution in [3.63, 3.8) is 0 Å². The van der Waals surface area contributed by atoms with Crippen LogP contribution >= 0.6 is 0 Å². The topological polar surface area (TPSA) is 66.9 Å². The van der Waals surface area contributed by atoms with Crippen LogP contribution in [0.25, 0.3) is 0 Å². The highest BCUT2D eigenvalue weighted by Gasteiger charge is 2.30. The largest absolute Gasteiger partial charge is 0.484 e. The van der Waals surface area contributed by atoms with Gasteiger partial charge in [-0.3, -0.25) is 9.10 Å². The first-order valence-electron chi connectivity index (χ1n) is 11.0. The molecule has 6 nitrogen and oxygen atoms in total. The molecule has 33 heavy (non-hydrogen) atoms. The molecule has 1 heterocycles. The van der Waals surface area contributed by atoms with Crippen molar-refractivity contribution in [2.24, 2.45) is 0 Å². The van der Waals surface area contributed by atoms with Gasteiger partial charge in [-0.15, -0.1) is 0 Å². The monoisotopic (exact) mass is 464 g/mol. The standard InChI is InChI=1S/C26H28N2O4S/c1-20-10-16-24(17-11-20)33(30,31)27(2)22-12-14-23(15-13-22)32-19-26(29)28-18-6-9-25(28)21-7-4-3-5-8-21/h3-5,7-8,10-17,25H,6,9,18-19H2,1-2H3/t25-/m1/s1. The van der Waals surface area contributed by atoms with E-state index >= 15 is 0 Å². The van der Waals surface area contributed by atoms with E-state index in [-0.39, 0.29) is 23.5 Å². The van der Waals surface area contributed by atoms with E-state index in [9.17, 15) is 13.2 Å². The molecule has 3 aromatic rings. The van der Waals surface area contributed by atoms with Crippen LogP contribution in [0.1, 0.15) is 30.0 Å². The highest BCUT2D eigenvalue weighted by Crippen LogP contribution is 2.32. The fourth-order valence-corrected chi connectivity index (χ4v) is 5.27. The first-order valence-corrected chi connectivity index (χ1v) is 12.4. The predicted molar refractivity (Wildman–Crippen MR) is 129 cm³/mol. The zero-order valence-corrected chi connectivity index (χ0v) is 19.7. The Morgan fingerprint density at radius 3 is 2.33 bits per heavy atom. The summed E-state index contributed by atoms with van der Waals surface area (Å²) in [5.74, 6) is 0.466. The molecule has 0 aliphatic carbocycles. The van der Waals surface area contributed by atoms with Gasteiger partial charge in [0.15, 0.2) is 6.61 Å². The van der Waals surface area contributed by atoms with Gasteiger partial charge in [-0.2, -0.15) is 0 Å². The van der Waals surface area contributed by atoms with Crippen molar-refractivity contribution < 1.29 is 17.9 Å². The Kier molecular flexibility index (Phi) is 6.70. The van der Waals surface area contributed by atoms with E-state index in [4.69, 9.17) is 4.74 Å². The van der Waals surface area contributed by atoms with Crippen LogP contribution in [0.5, 0.6) is 5.75 Å². The number of hydrogen-bond donors (Lipinski definition) is 0. The number of nitrogens with zero attached hydrogens (tertiary/aromatic N) is 2. The fourth-order valence-electron chi connectivity index (χ4n) is 4.07. The molecular formula is C26H28N2O4S. The second-order valence-corrected chi connectivity index (χ2v) is 10.2. The minimum atomic E-state index is -3.66. The van der Waals surface area contributed by atoms with Crippen LogP contribution in [0.2, 0.25) is 0 Å². The van der Waals surface area contributed by atoms with Gasteiger partial charge in [0.2, 0.25) is 0 Å². The molecule has 1 amide bonds. The molecular weight excluding hydrogens is 436 g/mol. The molecule has 0 spiro atoms. The van der Waals surface area contributed by atoms with Crippen LogP contribution in [0.4, 0.5) is 5.69 Å². The second-order valence-electron chi connectivity index (χ2n) is 8.22. The van der Waals surface area contributed by atoms with Crippen molar-refractivity contribution >= 4 is 21.6 Å². The average Bonchev–Trinajstić information content (AvgIpc) is 3.33. The third kappa shape index (κ3) is 5.03. The van der Waals surface area contributed by atoms with Gasteiger partial charge in [-0.05, 0) is 61.7 Å². The maximum Gasteiger partial charge on any atom is 0.264 e. The number of rotatable bonds is 7. The molecule has 7 heteroatoms. The Bertz CT molecular complexity index is 1190. The lowest BCUT2D eigenvalue weighted by Crippen LogP contribution is -2.34. The highest BCUT2D eigenvalue weighted by atomic mass is 32.2. The van der Waals surface area contributed by atoms with E-state index in [1.165, 1.54) is 11.4 Å². The molecule has 1 aliphatic heterocycles. The van der Waals surface area contributed by atoms with E-state index in [0.29, 0.717) is 11.4 Å². The lowest BCUT2D eigenvalue weighted by atomic mass is 10.0. The summed E-state index contributed by atoms with van der Waals surface area (Å²) in [5.41, 5.74) is 2.65. The van der Waals surface area contributed by atoms with Gasteiger partial charge in [-0.25, -0.2) is 8.42 Å². The van der Waals surface area contributed by atoms with Crippen molar-refractivity contribution in [1.29, 1.82) is 0 Å². The van der Waals surface area contributed by atoms with Crippen LogP contribution in [-0.2, 0) is 14.8 Å². The number of carbonyl (C=O) groups excluding carboxylic acids is 1. The van der Waals surface area contributed by atoms with Crippen LogP contribution in [0, 0.1) is 6.92 Å². The molecule has 0 saturated carbocycles. The van der Waals surface area contributed by atoms with Crippen LogP contribution in [-0.4, -0.2) is 39.4 Å². The molecule has 1 aliphatic rings. The number of aryl methyl sites for hydroxylation is 1. The third-order valence-electron chi connectivity index (χ3n) is 6.00. The molecule has 0 unspecified atom stereocenters. The summed E-state index contributed by atoms with van der Waals surface area (Å²) < 4.78 is 32.7. The number of carbonyl (C=O) groups is 1. The van der Waals surface area contributed by atoms with Gasteiger partial charge in [-0.1, -0.05) is 48.0 Å². The van der Waals surface area contributed by atoms with Gasteiger partial charge in [0.25, 0.3) is 15.9 Å². The number of amides is 1. The van der Waals surface area contributed by atoms with Gasteiger partial charge in [0.05, 0.1) is 16.6 Å². The zero-order chi connectivity index (χ0) is 23.4. The van der Waals surface area contributed by atoms with Gasteiger partial charge in [0.1, 0.15) is 5.75 Å². The minimum Gasteiger partial charge on any atom is -0.484 e. The summed E-state index contributed by atoms with van der Waals surface area (Å²) >= 11 is 0. The molecule has 3 aromatic carbocycles. The number of sulfonamides is 1. The van der Waals surface area contributed by atoms with E-state index in [0.717, 1.165) is 30.5 Å². The lowest BCUT2D eigenvalue weighted by Gasteiger charge is -2.25. The summed E-state index contributed by atoms with van der Waals surface area (Å²) in [4.78, 5) is 14.9. The summed E-state index contributed by atoms with van der Waals surface area (Å²) in [5, 5.41) is 0. The van der Waals surface area contributed by atoms with Crippen molar-refractivity contribution in [2.45, 2.75) is 30.7 Å². The lowest BCUT2D eigenvalue weighted by molar-refractivity contribution is -0.134. The Morgan fingerprint density at radius 2 is 1.67 bits per heavy atom. The van der Waals surface area contributed by atoms with E-state index in [2.05, 4.69) is 12.1 Å². The maximum absolute atomic E-state index is 12.9. The Labute approximate surface area is 195 Å². The normalized spacial score (nSPS) is 15.9. The second kappa shape index (κ2) is 9.67. The number of ether oxygens (including phenoxy) is 1. The Morgan fingerprint density at radius 1 is 1.00 bits per heavy atom. The quantitative estimate of drug-likeness (QED) is 0.514. The van der Waals surface area contributed by atoms with Gasteiger partial charge < -0.3 is 9.64 Å². The fraction of sp³-hybridized carbons (Fsp3) is 0.269. The minimum absolute atomic E-state index is 0.0514. The van der Waals surface area contributed by atoms with Crippen molar-refractivity contribution in [2.75, 3.05) is 24.5 Å². The third-order valence-corrected chi connectivity index (χ3v) is 7.80. The van der Waals surface area contributed by atoms with E-state index in [1.807, 2.05) is 30.0 Å². The number of anilines is 1. The molecule has 1 atom stereocenters. The van der Waals surface area contributed by atoms with Crippen LogP contribution in [0.3, 0.4) is 0 Å². The molecule has 4 rings (SSSR count). The van der Waals surface area contributed by atoms with Crippen molar-refractivity contribution in [3.05, 3.63) is 90.0 Å². The Balaban J connectivity index is 1.38. The molecule has 1 saturated heterocycles. The number of likely N-dealkylation sites (tertiary alicyclic amines) is 1. The molecule has 0 N–H and O–H groups in total. The van der Waals surface area contributed by atoms with Crippen molar-refractivity contribution in [3.8, 4) is 5.75 Å². The average molecular weight is 465 g/mol. The first-order chi connectivity index (χ1) is 15.9. The molecule has 0 bridgehead atoms. The summed E-state index contributed by atoms with van der Waals surface area (Å²) in [7, 11) is -2.14. The zero-order valence-electron chi connectivity index (χ0n) is 18.8. The van der Waals surface area contributed by atoms with E-state index < -0.39 is 10.0 Å². The van der Waals surface area contributed by atoms with Crippen LogP contribution in [0.15, 0.2) is 83.8 Å².